The number of rotatable bonds is 10. The molecule has 0 spiro atoms. The van der Waals surface area contributed by atoms with Gasteiger partial charge in [-0.25, -0.2) is 9.59 Å². The van der Waals surface area contributed by atoms with Gasteiger partial charge < -0.3 is 29.7 Å². The summed E-state index contributed by atoms with van der Waals surface area (Å²) in [6, 6.07) is 24.3. The molecular formula is C26H29NO7. The summed E-state index contributed by atoms with van der Waals surface area (Å²) in [7, 11) is 3.37. The van der Waals surface area contributed by atoms with Crippen LogP contribution in [0.25, 0.3) is 0 Å². The van der Waals surface area contributed by atoms with E-state index in [2.05, 4.69) is 29.6 Å². The summed E-state index contributed by atoms with van der Waals surface area (Å²) in [4.78, 5) is 18.2. The van der Waals surface area contributed by atoms with Gasteiger partial charge in [-0.2, -0.15) is 0 Å². The Labute approximate surface area is 198 Å². The third kappa shape index (κ3) is 8.84. The molecule has 0 saturated carbocycles. The summed E-state index contributed by atoms with van der Waals surface area (Å²) in [5.41, 5.74) is 3.49. The van der Waals surface area contributed by atoms with Crippen molar-refractivity contribution in [2.75, 3.05) is 20.8 Å². The van der Waals surface area contributed by atoms with Gasteiger partial charge in [-0.15, -0.1) is 0 Å². The molecule has 8 nitrogen and oxygen atoms in total. The van der Waals surface area contributed by atoms with E-state index in [-0.39, 0.29) is 0 Å². The lowest BCUT2D eigenvalue weighted by Gasteiger charge is -2.13. The Hall–Kier alpha value is -4.04. The zero-order chi connectivity index (χ0) is 24.8. The molecule has 0 unspecified atom stereocenters. The number of carboxylic acid groups (broad SMARTS) is 2. The Bertz CT molecular complexity index is 1040. The minimum atomic E-state index is -1.82. The molecule has 0 fully saturated rings. The molecule has 3 N–H and O–H groups in total. The largest absolute Gasteiger partial charge is 0.496 e. The van der Waals surface area contributed by atoms with Gasteiger partial charge in [0.25, 0.3) is 0 Å². The number of carboxylic acids is 2. The zero-order valence-corrected chi connectivity index (χ0v) is 19.2. The highest BCUT2D eigenvalue weighted by Gasteiger charge is 2.07. The SMILES string of the molecule is COc1ccccc1CCNCc1ccc(OC)c(OCc2ccccc2)c1.O=C(O)C(=O)O. The zero-order valence-electron chi connectivity index (χ0n) is 19.2. The van der Waals surface area contributed by atoms with Gasteiger partial charge in [0.1, 0.15) is 12.4 Å². The fourth-order valence-electron chi connectivity index (χ4n) is 3.04. The lowest BCUT2D eigenvalue weighted by atomic mass is 10.1. The molecule has 0 aromatic heterocycles. The van der Waals surface area contributed by atoms with Gasteiger partial charge in [-0.3, -0.25) is 0 Å². The van der Waals surface area contributed by atoms with Crippen LogP contribution in [0.1, 0.15) is 16.7 Å². The molecule has 3 aromatic carbocycles. The minimum absolute atomic E-state index is 0.516. The van der Waals surface area contributed by atoms with Gasteiger partial charge in [0.2, 0.25) is 0 Å². The Morgan fingerprint density at radius 1 is 0.765 bits per heavy atom. The number of hydrogen-bond acceptors (Lipinski definition) is 6. The maximum absolute atomic E-state index is 9.10. The van der Waals surface area contributed by atoms with Gasteiger partial charge in [0.15, 0.2) is 11.5 Å². The van der Waals surface area contributed by atoms with Gasteiger partial charge in [-0.05, 0) is 47.9 Å². The van der Waals surface area contributed by atoms with Crippen molar-refractivity contribution in [3.63, 3.8) is 0 Å². The van der Waals surface area contributed by atoms with Crippen molar-refractivity contribution in [1.82, 2.24) is 5.32 Å². The highest BCUT2D eigenvalue weighted by molar-refractivity contribution is 6.27. The average molecular weight is 468 g/mol. The first-order valence-electron chi connectivity index (χ1n) is 10.6. The van der Waals surface area contributed by atoms with E-state index in [1.165, 1.54) is 5.56 Å². The second-order valence-electron chi connectivity index (χ2n) is 7.11. The van der Waals surface area contributed by atoms with Crippen LogP contribution in [0.15, 0.2) is 72.8 Å². The third-order valence-corrected chi connectivity index (χ3v) is 4.74. The summed E-state index contributed by atoms with van der Waals surface area (Å²) >= 11 is 0. The van der Waals surface area contributed by atoms with E-state index in [0.29, 0.717) is 6.61 Å². The van der Waals surface area contributed by atoms with Gasteiger partial charge in [-0.1, -0.05) is 54.6 Å². The number of methoxy groups -OCH3 is 2. The highest BCUT2D eigenvalue weighted by Crippen LogP contribution is 2.29. The first-order chi connectivity index (χ1) is 16.4. The van der Waals surface area contributed by atoms with Crippen LogP contribution in [0.3, 0.4) is 0 Å². The topological polar surface area (TPSA) is 114 Å². The van der Waals surface area contributed by atoms with Crippen LogP contribution in [0.2, 0.25) is 0 Å². The van der Waals surface area contributed by atoms with Crippen LogP contribution in [0.4, 0.5) is 0 Å². The van der Waals surface area contributed by atoms with Crippen LogP contribution in [-0.2, 0) is 29.2 Å². The molecule has 180 valence electrons. The molecule has 0 heterocycles. The van der Waals surface area contributed by atoms with E-state index < -0.39 is 11.9 Å². The number of ether oxygens (including phenoxy) is 3. The summed E-state index contributed by atoms with van der Waals surface area (Å²) in [5, 5.41) is 18.3. The summed E-state index contributed by atoms with van der Waals surface area (Å²) < 4.78 is 16.8. The van der Waals surface area contributed by atoms with E-state index in [0.717, 1.165) is 47.9 Å². The standard InChI is InChI=1S/C24H27NO3.C2H2O4/c1-26-22-11-7-6-10-21(22)14-15-25-17-20-12-13-23(27-2)24(16-20)28-18-19-8-4-3-5-9-19;3-1(4)2(5)6/h3-13,16,25H,14-15,17-18H2,1-2H3;(H,3,4)(H,5,6). The van der Waals surface area contributed by atoms with Crippen molar-refractivity contribution < 1.29 is 34.0 Å². The van der Waals surface area contributed by atoms with E-state index in [4.69, 9.17) is 34.0 Å². The predicted octanol–water partition coefficient (Wildman–Crippen LogP) is 3.77. The summed E-state index contributed by atoms with van der Waals surface area (Å²) in [5.74, 6) is -1.21. The monoisotopic (exact) mass is 467 g/mol. The number of benzene rings is 3. The molecule has 8 heteroatoms. The lowest BCUT2D eigenvalue weighted by molar-refractivity contribution is -0.159. The predicted molar refractivity (Wildman–Crippen MR) is 127 cm³/mol. The van der Waals surface area contributed by atoms with Crippen LogP contribution < -0.4 is 19.5 Å². The summed E-state index contributed by atoms with van der Waals surface area (Å²) in [6.07, 6.45) is 0.914. The van der Waals surface area contributed by atoms with Crippen molar-refractivity contribution in [1.29, 1.82) is 0 Å². The minimum Gasteiger partial charge on any atom is -0.496 e. The molecule has 0 aliphatic rings. The van der Waals surface area contributed by atoms with Gasteiger partial charge >= 0.3 is 11.9 Å². The molecule has 3 aromatic rings. The molecule has 0 saturated heterocycles. The van der Waals surface area contributed by atoms with Crippen molar-refractivity contribution >= 4 is 11.9 Å². The first kappa shape index (κ1) is 26.2. The Morgan fingerprint density at radius 3 is 2.06 bits per heavy atom. The molecule has 0 aliphatic carbocycles. The Kier molecular flexibility index (Phi) is 10.9. The average Bonchev–Trinajstić information content (AvgIpc) is 2.86. The fraction of sp³-hybridized carbons (Fsp3) is 0.231. The molecule has 3 rings (SSSR count). The van der Waals surface area contributed by atoms with E-state index in [1.807, 2.05) is 48.5 Å². The van der Waals surface area contributed by atoms with Gasteiger partial charge in [0.05, 0.1) is 14.2 Å². The molecule has 0 bridgehead atoms. The van der Waals surface area contributed by atoms with E-state index >= 15 is 0 Å². The van der Waals surface area contributed by atoms with Crippen LogP contribution in [-0.4, -0.2) is 42.9 Å². The van der Waals surface area contributed by atoms with Crippen molar-refractivity contribution in [2.45, 2.75) is 19.6 Å². The first-order valence-corrected chi connectivity index (χ1v) is 10.6. The maximum atomic E-state index is 9.10. The number of hydrogen-bond donors (Lipinski definition) is 3. The van der Waals surface area contributed by atoms with Crippen LogP contribution >= 0.6 is 0 Å². The second-order valence-corrected chi connectivity index (χ2v) is 7.11. The van der Waals surface area contributed by atoms with Crippen molar-refractivity contribution in [3.8, 4) is 17.2 Å². The fourth-order valence-corrected chi connectivity index (χ4v) is 3.04. The molecule has 0 amide bonds. The number of nitrogens with one attached hydrogen (secondary N) is 1. The third-order valence-electron chi connectivity index (χ3n) is 4.74. The smallest absolute Gasteiger partial charge is 0.414 e. The molecule has 0 atom stereocenters. The quantitative estimate of drug-likeness (QED) is 0.305. The maximum Gasteiger partial charge on any atom is 0.414 e. The molecule has 0 radical (unpaired) electrons. The van der Waals surface area contributed by atoms with Gasteiger partial charge in [0, 0.05) is 6.54 Å². The van der Waals surface area contributed by atoms with Crippen LogP contribution in [0, 0.1) is 0 Å². The number of carbonyl (C=O) groups is 2. The number of aliphatic carboxylic acids is 2. The molecule has 34 heavy (non-hydrogen) atoms. The summed E-state index contributed by atoms with van der Waals surface area (Å²) in [6.45, 7) is 2.15. The van der Waals surface area contributed by atoms with Crippen molar-refractivity contribution in [3.05, 3.63) is 89.5 Å². The molecular weight excluding hydrogens is 438 g/mol. The van der Waals surface area contributed by atoms with E-state index in [1.54, 1.807) is 14.2 Å². The highest BCUT2D eigenvalue weighted by atomic mass is 16.5. The number of para-hydroxylation sites is 1. The Morgan fingerprint density at radius 2 is 1.41 bits per heavy atom. The Balaban J connectivity index is 0.000000604. The second kappa shape index (κ2) is 14.2. The lowest BCUT2D eigenvalue weighted by Crippen LogP contribution is -2.17. The molecule has 0 aliphatic heterocycles. The van der Waals surface area contributed by atoms with E-state index in [9.17, 15) is 0 Å². The van der Waals surface area contributed by atoms with Crippen molar-refractivity contribution in [2.24, 2.45) is 0 Å². The van der Waals surface area contributed by atoms with Crippen LogP contribution in [0.5, 0.6) is 17.2 Å². The normalized spacial score (nSPS) is 9.94.